The van der Waals surface area contributed by atoms with Crippen molar-refractivity contribution in [2.45, 2.75) is 0 Å². The van der Waals surface area contributed by atoms with Crippen LogP contribution in [0, 0.1) is 0 Å². The van der Waals surface area contributed by atoms with Gasteiger partial charge in [0.2, 0.25) is 5.88 Å². The number of nitrogens with zero attached hydrogens (tertiary/aromatic N) is 4. The molecule has 7 nitrogen and oxygen atoms in total. The molecule has 1 N–H and O–H groups in total. The zero-order chi connectivity index (χ0) is 11.9. The molecule has 2 fully saturated rings. The molecule has 0 saturated carbocycles. The molecule has 92 valence electrons. The summed E-state index contributed by atoms with van der Waals surface area (Å²) in [5, 5.41) is 3.03. The molecule has 1 aromatic rings. The van der Waals surface area contributed by atoms with E-state index in [4.69, 9.17) is 4.74 Å². The Kier molecular flexibility index (Phi) is 2.54. The summed E-state index contributed by atoms with van der Waals surface area (Å²) >= 11 is 0. The lowest BCUT2D eigenvalue weighted by atomic mass is 10.6. The zero-order valence-electron chi connectivity index (χ0n) is 9.54. The molecule has 3 heterocycles. The van der Waals surface area contributed by atoms with Crippen molar-refractivity contribution in [3.8, 4) is 5.88 Å². The molecule has 2 aliphatic rings. The maximum Gasteiger partial charge on any atom is 0.309 e. The Morgan fingerprint density at radius 1 is 1.29 bits per heavy atom. The predicted molar refractivity (Wildman–Crippen MR) is 63.0 cm³/mol. The van der Waals surface area contributed by atoms with Gasteiger partial charge in [0.25, 0.3) is 0 Å². The van der Waals surface area contributed by atoms with Crippen LogP contribution in [0.2, 0.25) is 0 Å². The first-order valence-electron chi connectivity index (χ1n) is 5.47. The van der Waals surface area contributed by atoms with Gasteiger partial charge in [-0.15, -0.1) is 0 Å². The molecule has 2 aliphatic heterocycles. The minimum atomic E-state index is -2.62. The Morgan fingerprint density at radius 2 is 1.94 bits per heavy atom. The van der Waals surface area contributed by atoms with Gasteiger partial charge >= 0.3 is 7.59 Å². The van der Waals surface area contributed by atoms with Crippen LogP contribution in [0.5, 0.6) is 5.88 Å². The summed E-state index contributed by atoms with van der Waals surface area (Å²) in [6.07, 6.45) is 1.40. The second-order valence-corrected chi connectivity index (χ2v) is 6.45. The van der Waals surface area contributed by atoms with E-state index in [1.807, 2.05) is 9.34 Å². The van der Waals surface area contributed by atoms with Crippen LogP contribution < -0.4 is 9.82 Å². The molecule has 17 heavy (non-hydrogen) atoms. The molecule has 0 aromatic carbocycles. The van der Waals surface area contributed by atoms with Crippen LogP contribution in [0.3, 0.4) is 0 Å². The fraction of sp³-hybridized carbons (Fsp3) is 0.556. The van der Waals surface area contributed by atoms with Crippen LogP contribution in [-0.4, -0.2) is 52.6 Å². The summed E-state index contributed by atoms with van der Waals surface area (Å²) in [6, 6.07) is 1.65. The summed E-state index contributed by atoms with van der Waals surface area (Å²) in [7, 11) is -1.08. The fourth-order valence-corrected chi connectivity index (χ4v) is 3.94. The normalized spacial score (nSPS) is 20.1. The molecule has 0 radical (unpaired) electrons. The van der Waals surface area contributed by atoms with Crippen molar-refractivity contribution >= 4 is 13.4 Å². The third-order valence-corrected chi connectivity index (χ3v) is 5.58. The van der Waals surface area contributed by atoms with Gasteiger partial charge < -0.3 is 4.74 Å². The monoisotopic (exact) mass is 255 g/mol. The second-order valence-electron chi connectivity index (χ2n) is 4.01. The van der Waals surface area contributed by atoms with E-state index >= 15 is 0 Å². The summed E-state index contributed by atoms with van der Waals surface area (Å²) in [4.78, 5) is 7.98. The van der Waals surface area contributed by atoms with Crippen LogP contribution in [-0.2, 0) is 4.57 Å². The maximum atomic E-state index is 12.7. The molecule has 0 bridgehead atoms. The third-order valence-electron chi connectivity index (χ3n) is 2.73. The lowest BCUT2D eigenvalue weighted by Crippen LogP contribution is -2.13. The molecule has 3 rings (SSSR count). The zero-order valence-corrected chi connectivity index (χ0v) is 10.4. The minimum Gasteiger partial charge on any atom is -0.481 e. The number of anilines is 1. The minimum absolute atomic E-state index is 0.464. The molecular formula is C9H14N5O2P. The highest BCUT2D eigenvalue weighted by molar-refractivity contribution is 7.61. The van der Waals surface area contributed by atoms with Crippen molar-refractivity contribution in [3.63, 3.8) is 0 Å². The van der Waals surface area contributed by atoms with Gasteiger partial charge in [-0.25, -0.2) is 19.3 Å². The van der Waals surface area contributed by atoms with E-state index in [-0.39, 0.29) is 0 Å². The van der Waals surface area contributed by atoms with Gasteiger partial charge in [0.05, 0.1) is 7.11 Å². The maximum absolute atomic E-state index is 12.7. The average molecular weight is 255 g/mol. The van der Waals surface area contributed by atoms with E-state index in [2.05, 4.69) is 15.1 Å². The van der Waals surface area contributed by atoms with Crippen LogP contribution >= 0.6 is 7.59 Å². The number of hydrogen-bond acceptors (Lipinski definition) is 4. The van der Waals surface area contributed by atoms with Crippen LogP contribution in [0.25, 0.3) is 0 Å². The van der Waals surface area contributed by atoms with Gasteiger partial charge in [-0.1, -0.05) is 0 Å². The van der Waals surface area contributed by atoms with Crippen molar-refractivity contribution in [1.29, 1.82) is 0 Å². The number of ether oxygens (including phenoxy) is 1. The highest BCUT2D eigenvalue weighted by Gasteiger charge is 2.48. The lowest BCUT2D eigenvalue weighted by Gasteiger charge is -2.21. The summed E-state index contributed by atoms with van der Waals surface area (Å²) < 4.78 is 21.6. The van der Waals surface area contributed by atoms with E-state index in [0.717, 1.165) is 26.2 Å². The first kappa shape index (κ1) is 11.0. The van der Waals surface area contributed by atoms with E-state index in [0.29, 0.717) is 11.7 Å². The fourth-order valence-electron chi connectivity index (χ4n) is 1.61. The molecule has 1 aromatic heterocycles. The summed E-state index contributed by atoms with van der Waals surface area (Å²) in [5.74, 6) is 1.00. The quantitative estimate of drug-likeness (QED) is 0.611. The lowest BCUT2D eigenvalue weighted by molar-refractivity contribution is 0.397. The van der Waals surface area contributed by atoms with Gasteiger partial charge in [0.1, 0.15) is 12.1 Å². The largest absolute Gasteiger partial charge is 0.481 e. The van der Waals surface area contributed by atoms with Crippen molar-refractivity contribution < 1.29 is 9.30 Å². The SMILES string of the molecule is COc1cc(NP(=O)(N2CC2)N2CC2)ncn1. The number of nitrogens with one attached hydrogen (secondary N) is 1. The van der Waals surface area contributed by atoms with Gasteiger partial charge in [0, 0.05) is 32.2 Å². The Labute approximate surface area is 99.3 Å². The average Bonchev–Trinajstić information content (AvgIpc) is 3.21. The summed E-state index contributed by atoms with van der Waals surface area (Å²) in [5.41, 5.74) is 0. The number of hydrogen-bond donors (Lipinski definition) is 1. The standard InChI is InChI=1S/C9H14N5O2P/c1-16-9-6-8(10-7-11-9)12-17(15,13-2-3-13)14-4-5-14/h6-7H,2-5H2,1H3,(H,10,11,12,15). The first-order valence-corrected chi connectivity index (χ1v) is 7.09. The van der Waals surface area contributed by atoms with E-state index in [1.54, 1.807) is 13.2 Å². The molecule has 0 aliphatic carbocycles. The van der Waals surface area contributed by atoms with Crippen molar-refractivity contribution in [1.82, 2.24) is 19.3 Å². The number of rotatable bonds is 5. The highest BCUT2D eigenvalue weighted by atomic mass is 31.2. The van der Waals surface area contributed by atoms with E-state index in [1.165, 1.54) is 6.33 Å². The Morgan fingerprint density at radius 3 is 2.47 bits per heavy atom. The van der Waals surface area contributed by atoms with E-state index < -0.39 is 7.59 Å². The topological polar surface area (TPSA) is 70.1 Å². The molecule has 0 spiro atoms. The Hall–Kier alpha value is -1.17. The van der Waals surface area contributed by atoms with Gasteiger partial charge in [-0.05, 0) is 0 Å². The van der Waals surface area contributed by atoms with Gasteiger partial charge in [-0.2, -0.15) is 0 Å². The van der Waals surface area contributed by atoms with Crippen molar-refractivity contribution in [3.05, 3.63) is 12.4 Å². The predicted octanol–water partition coefficient (Wildman–Crippen LogP) is 0.636. The summed E-state index contributed by atoms with van der Waals surface area (Å²) in [6.45, 7) is 3.51. The molecule has 0 unspecified atom stereocenters. The first-order chi connectivity index (χ1) is 8.22. The number of methoxy groups -OCH3 is 1. The third kappa shape index (κ3) is 2.13. The van der Waals surface area contributed by atoms with E-state index in [9.17, 15) is 4.57 Å². The second kappa shape index (κ2) is 3.94. The van der Waals surface area contributed by atoms with Crippen molar-refractivity contribution in [2.24, 2.45) is 0 Å². The number of aromatic nitrogens is 2. The Balaban J connectivity index is 1.82. The molecule has 2 saturated heterocycles. The van der Waals surface area contributed by atoms with Gasteiger partial charge in [-0.3, -0.25) is 9.65 Å². The molecule has 0 amide bonds. The van der Waals surface area contributed by atoms with Crippen LogP contribution in [0.15, 0.2) is 12.4 Å². The Bertz CT molecular complexity index is 458. The van der Waals surface area contributed by atoms with Crippen LogP contribution in [0.4, 0.5) is 5.82 Å². The highest BCUT2D eigenvalue weighted by Crippen LogP contribution is 2.59. The van der Waals surface area contributed by atoms with Crippen molar-refractivity contribution in [2.75, 3.05) is 38.4 Å². The molecular weight excluding hydrogens is 241 g/mol. The molecule has 0 atom stereocenters. The van der Waals surface area contributed by atoms with Crippen LogP contribution in [0.1, 0.15) is 0 Å². The smallest absolute Gasteiger partial charge is 0.309 e. The molecule has 8 heteroatoms. The van der Waals surface area contributed by atoms with Gasteiger partial charge in [0.15, 0.2) is 0 Å².